The van der Waals surface area contributed by atoms with E-state index in [-0.39, 0.29) is 0 Å². The van der Waals surface area contributed by atoms with Gasteiger partial charge in [-0.25, -0.2) is 4.98 Å². The maximum absolute atomic E-state index is 4.57. The van der Waals surface area contributed by atoms with E-state index < -0.39 is 0 Å². The van der Waals surface area contributed by atoms with Crippen LogP contribution in [0.1, 0.15) is 18.5 Å². The fraction of sp³-hybridized carbons (Fsp3) is 0.727. The number of thiazole rings is 1. The predicted octanol–water partition coefficient (Wildman–Crippen LogP) is 1.64. The lowest BCUT2D eigenvalue weighted by molar-refractivity contribution is 0.340. The highest BCUT2D eigenvalue weighted by molar-refractivity contribution is 7.13. The highest BCUT2D eigenvalue weighted by Gasteiger charge is 2.35. The van der Waals surface area contributed by atoms with Gasteiger partial charge in [0.2, 0.25) is 0 Å². The minimum absolute atomic E-state index is 0.711. The standard InChI is InChI=1S/C11H17N3S/c1-8-7-15-11(13-8)14-5-9-3-2-4-12-10(9)6-14/h7,9-10,12H,2-6H2,1H3/t9-,10+/m0/s1. The van der Waals surface area contributed by atoms with Crippen LogP contribution in [0.25, 0.3) is 0 Å². The molecule has 3 rings (SSSR count). The van der Waals surface area contributed by atoms with E-state index in [4.69, 9.17) is 0 Å². The summed E-state index contributed by atoms with van der Waals surface area (Å²) in [7, 11) is 0. The second kappa shape index (κ2) is 3.76. The number of aryl methyl sites for hydroxylation is 1. The van der Waals surface area contributed by atoms with Crippen LogP contribution in [0.4, 0.5) is 5.13 Å². The zero-order valence-corrected chi connectivity index (χ0v) is 9.89. The zero-order valence-electron chi connectivity index (χ0n) is 9.07. The maximum atomic E-state index is 4.57. The zero-order chi connectivity index (χ0) is 10.3. The third-order valence-corrected chi connectivity index (χ3v) is 4.50. The van der Waals surface area contributed by atoms with E-state index in [9.17, 15) is 0 Å². The molecule has 0 saturated carbocycles. The molecule has 1 N–H and O–H groups in total. The molecule has 1 aromatic rings. The molecule has 0 spiro atoms. The van der Waals surface area contributed by atoms with Crippen molar-refractivity contribution in [3.05, 3.63) is 11.1 Å². The summed E-state index contributed by atoms with van der Waals surface area (Å²) in [5, 5.41) is 6.98. The van der Waals surface area contributed by atoms with Gasteiger partial charge in [-0.3, -0.25) is 0 Å². The summed E-state index contributed by atoms with van der Waals surface area (Å²) in [6.07, 6.45) is 2.73. The molecule has 82 valence electrons. The molecule has 2 saturated heterocycles. The summed E-state index contributed by atoms with van der Waals surface area (Å²) in [6.45, 7) is 5.62. The van der Waals surface area contributed by atoms with E-state index >= 15 is 0 Å². The van der Waals surface area contributed by atoms with Crippen molar-refractivity contribution < 1.29 is 0 Å². The Labute approximate surface area is 94.5 Å². The van der Waals surface area contributed by atoms with E-state index in [0.717, 1.165) is 18.2 Å². The molecule has 2 aliphatic rings. The second-order valence-electron chi connectivity index (χ2n) is 4.64. The van der Waals surface area contributed by atoms with Gasteiger partial charge in [0.15, 0.2) is 5.13 Å². The van der Waals surface area contributed by atoms with Crippen molar-refractivity contribution in [2.24, 2.45) is 5.92 Å². The molecule has 0 aromatic carbocycles. The number of fused-ring (bicyclic) bond motifs is 1. The van der Waals surface area contributed by atoms with Gasteiger partial charge in [-0.1, -0.05) is 0 Å². The van der Waals surface area contributed by atoms with Crippen LogP contribution >= 0.6 is 11.3 Å². The van der Waals surface area contributed by atoms with Gasteiger partial charge in [0.1, 0.15) is 0 Å². The fourth-order valence-corrected chi connectivity index (χ4v) is 3.51. The summed E-state index contributed by atoms with van der Waals surface area (Å²) in [4.78, 5) is 7.02. The van der Waals surface area contributed by atoms with E-state index in [1.807, 2.05) is 0 Å². The quantitative estimate of drug-likeness (QED) is 0.784. The van der Waals surface area contributed by atoms with Crippen molar-refractivity contribution in [3.8, 4) is 0 Å². The van der Waals surface area contributed by atoms with E-state index in [1.165, 1.54) is 31.1 Å². The molecule has 4 heteroatoms. The lowest BCUT2D eigenvalue weighted by atomic mass is 9.94. The van der Waals surface area contributed by atoms with Crippen molar-refractivity contribution in [2.75, 3.05) is 24.5 Å². The van der Waals surface area contributed by atoms with Crippen LogP contribution in [0.3, 0.4) is 0 Å². The Hall–Kier alpha value is -0.610. The number of hydrogen-bond acceptors (Lipinski definition) is 4. The van der Waals surface area contributed by atoms with Crippen LogP contribution in [-0.2, 0) is 0 Å². The van der Waals surface area contributed by atoms with Gasteiger partial charge in [-0.05, 0) is 32.2 Å². The molecule has 0 aliphatic carbocycles. The first-order valence-electron chi connectivity index (χ1n) is 5.73. The molecule has 0 bridgehead atoms. The second-order valence-corrected chi connectivity index (χ2v) is 5.48. The number of aromatic nitrogens is 1. The van der Waals surface area contributed by atoms with Crippen LogP contribution in [-0.4, -0.2) is 30.7 Å². The van der Waals surface area contributed by atoms with Crippen LogP contribution < -0.4 is 10.2 Å². The first-order chi connectivity index (χ1) is 7.33. The predicted molar refractivity (Wildman–Crippen MR) is 63.6 cm³/mol. The SMILES string of the molecule is Cc1csc(N2C[C@@H]3CCCN[C@@H]3C2)n1. The average Bonchev–Trinajstić information content (AvgIpc) is 2.82. The minimum Gasteiger partial charge on any atom is -0.346 e. The average molecular weight is 223 g/mol. The normalized spacial score (nSPS) is 30.6. The monoisotopic (exact) mass is 223 g/mol. The summed E-state index contributed by atoms with van der Waals surface area (Å²) >= 11 is 1.78. The number of rotatable bonds is 1. The smallest absolute Gasteiger partial charge is 0.185 e. The number of hydrogen-bond donors (Lipinski definition) is 1. The lowest BCUT2D eigenvalue weighted by Gasteiger charge is -2.24. The summed E-state index contributed by atoms with van der Waals surface area (Å²) in [5.74, 6) is 0.850. The Balaban J connectivity index is 1.74. The molecule has 3 nitrogen and oxygen atoms in total. The highest BCUT2D eigenvalue weighted by atomic mass is 32.1. The molecule has 0 radical (unpaired) electrons. The molecule has 2 atom stereocenters. The van der Waals surface area contributed by atoms with Gasteiger partial charge in [-0.2, -0.15) is 0 Å². The van der Waals surface area contributed by atoms with Gasteiger partial charge in [0.25, 0.3) is 0 Å². The largest absolute Gasteiger partial charge is 0.346 e. The Kier molecular flexibility index (Phi) is 2.41. The van der Waals surface area contributed by atoms with Crippen LogP contribution in [0.15, 0.2) is 5.38 Å². The molecule has 1 aromatic heterocycles. The van der Waals surface area contributed by atoms with Gasteiger partial charge in [-0.15, -0.1) is 11.3 Å². The number of nitrogens with zero attached hydrogens (tertiary/aromatic N) is 2. The Bertz CT molecular complexity index is 335. The molecule has 2 aliphatic heterocycles. The van der Waals surface area contributed by atoms with Gasteiger partial charge < -0.3 is 10.2 Å². The number of nitrogens with one attached hydrogen (secondary N) is 1. The van der Waals surface area contributed by atoms with Crippen LogP contribution in [0.5, 0.6) is 0 Å². The van der Waals surface area contributed by atoms with E-state index in [2.05, 4.69) is 27.5 Å². The molecule has 2 fully saturated rings. The molecular weight excluding hydrogens is 206 g/mol. The van der Waals surface area contributed by atoms with Crippen molar-refractivity contribution >= 4 is 16.5 Å². The van der Waals surface area contributed by atoms with E-state index in [0.29, 0.717) is 6.04 Å². The summed E-state index contributed by atoms with van der Waals surface area (Å²) in [6, 6.07) is 0.711. The summed E-state index contributed by atoms with van der Waals surface area (Å²) in [5.41, 5.74) is 1.15. The molecule has 0 amide bonds. The number of anilines is 1. The van der Waals surface area contributed by atoms with Gasteiger partial charge in [0.05, 0.1) is 5.69 Å². The Morgan fingerprint density at radius 1 is 1.53 bits per heavy atom. The maximum Gasteiger partial charge on any atom is 0.185 e. The van der Waals surface area contributed by atoms with E-state index in [1.54, 1.807) is 11.3 Å². The summed E-state index contributed by atoms with van der Waals surface area (Å²) < 4.78 is 0. The minimum atomic E-state index is 0.711. The number of piperidine rings is 1. The van der Waals surface area contributed by atoms with Crippen molar-refractivity contribution in [1.29, 1.82) is 0 Å². The molecule has 15 heavy (non-hydrogen) atoms. The first kappa shape index (κ1) is 9.60. The lowest BCUT2D eigenvalue weighted by Crippen LogP contribution is -2.40. The van der Waals surface area contributed by atoms with Crippen LogP contribution in [0, 0.1) is 12.8 Å². The third-order valence-electron chi connectivity index (χ3n) is 3.48. The van der Waals surface area contributed by atoms with Crippen molar-refractivity contribution in [3.63, 3.8) is 0 Å². The Morgan fingerprint density at radius 2 is 2.47 bits per heavy atom. The molecular formula is C11H17N3S. The van der Waals surface area contributed by atoms with Crippen molar-refractivity contribution in [1.82, 2.24) is 10.3 Å². The van der Waals surface area contributed by atoms with Gasteiger partial charge in [0, 0.05) is 24.5 Å². The fourth-order valence-electron chi connectivity index (χ4n) is 2.69. The highest BCUT2D eigenvalue weighted by Crippen LogP contribution is 2.30. The van der Waals surface area contributed by atoms with Gasteiger partial charge >= 0.3 is 0 Å². The Morgan fingerprint density at radius 3 is 3.20 bits per heavy atom. The van der Waals surface area contributed by atoms with Crippen molar-refractivity contribution in [2.45, 2.75) is 25.8 Å². The topological polar surface area (TPSA) is 28.2 Å². The molecule has 0 unspecified atom stereocenters. The first-order valence-corrected chi connectivity index (χ1v) is 6.61. The molecule has 3 heterocycles. The van der Waals surface area contributed by atoms with Crippen LogP contribution in [0.2, 0.25) is 0 Å². The third kappa shape index (κ3) is 1.76.